The second-order valence-electron chi connectivity index (χ2n) is 6.90. The molecule has 0 saturated heterocycles. The van der Waals surface area contributed by atoms with Crippen molar-refractivity contribution in [1.82, 2.24) is 4.57 Å². The third kappa shape index (κ3) is 3.34. The van der Waals surface area contributed by atoms with E-state index in [4.69, 9.17) is 5.14 Å². The van der Waals surface area contributed by atoms with Crippen molar-refractivity contribution in [3.05, 3.63) is 93.2 Å². The van der Waals surface area contributed by atoms with Crippen LogP contribution in [0.15, 0.2) is 65.1 Å². The molecule has 3 rings (SSSR count). The van der Waals surface area contributed by atoms with Crippen LogP contribution in [0.5, 0.6) is 0 Å². The molecule has 2 aromatic carbocycles. The number of ketones is 1. The molecule has 1 aromatic heterocycles. The van der Waals surface area contributed by atoms with Crippen LogP contribution in [0.2, 0.25) is 0 Å². The summed E-state index contributed by atoms with van der Waals surface area (Å²) >= 11 is 3.40. The number of nitrogens with two attached hydrogens (primary N) is 1. The summed E-state index contributed by atoms with van der Waals surface area (Å²) in [6.07, 6.45) is 0. The zero-order chi connectivity index (χ0) is 20.7. The summed E-state index contributed by atoms with van der Waals surface area (Å²) in [6.45, 7) is 3.42. The first kappa shape index (κ1) is 20.5. The smallest absolute Gasteiger partial charge is 0.224 e. The van der Waals surface area contributed by atoms with E-state index in [0.717, 1.165) is 10.0 Å². The Morgan fingerprint density at radius 3 is 2.29 bits per heavy atom. The third-order valence-corrected chi connectivity index (χ3v) is 7.25. The molecule has 0 radical (unpaired) electrons. The molecule has 7 heteroatoms. The summed E-state index contributed by atoms with van der Waals surface area (Å²) < 4.78 is 26.3. The summed E-state index contributed by atoms with van der Waals surface area (Å²) in [4.78, 5) is 13.1. The normalized spacial score (nSPS) is 13.9. The standard InChI is InChI=1S/C21H21BrN2O3S/c1-14-13-16(22)9-10-17(14)20(25)18-11-12-19(24(18)3)21(2,28(23,26)27)15-7-5-4-6-8-15/h4-13H,1-3H3,(H2,23,26,27). The van der Waals surface area contributed by atoms with Crippen LogP contribution >= 0.6 is 15.9 Å². The average molecular weight is 461 g/mol. The average Bonchev–Trinajstić information content (AvgIpc) is 3.02. The van der Waals surface area contributed by atoms with E-state index in [9.17, 15) is 13.2 Å². The van der Waals surface area contributed by atoms with E-state index in [1.807, 2.05) is 25.1 Å². The van der Waals surface area contributed by atoms with Gasteiger partial charge in [0.05, 0.1) is 5.69 Å². The first-order chi connectivity index (χ1) is 13.1. The molecule has 0 fully saturated rings. The molecule has 1 heterocycles. The van der Waals surface area contributed by atoms with E-state index in [2.05, 4.69) is 15.9 Å². The maximum atomic E-state index is 13.1. The maximum Gasteiger partial charge on any atom is 0.224 e. The molecule has 2 N–H and O–H groups in total. The number of sulfonamides is 1. The lowest BCUT2D eigenvalue weighted by Crippen LogP contribution is -2.40. The van der Waals surface area contributed by atoms with Gasteiger partial charge in [-0.05, 0) is 55.3 Å². The van der Waals surface area contributed by atoms with Crippen molar-refractivity contribution >= 4 is 31.7 Å². The van der Waals surface area contributed by atoms with Gasteiger partial charge >= 0.3 is 0 Å². The minimum absolute atomic E-state index is 0.177. The first-order valence-corrected chi connectivity index (χ1v) is 11.0. The van der Waals surface area contributed by atoms with E-state index in [1.165, 1.54) is 0 Å². The number of benzene rings is 2. The summed E-state index contributed by atoms with van der Waals surface area (Å²) in [5.41, 5.74) is 2.76. The van der Waals surface area contributed by atoms with Crippen molar-refractivity contribution in [3.8, 4) is 0 Å². The van der Waals surface area contributed by atoms with Crippen LogP contribution < -0.4 is 5.14 Å². The molecular weight excluding hydrogens is 440 g/mol. The number of carbonyl (C=O) groups excluding carboxylic acids is 1. The van der Waals surface area contributed by atoms with Crippen molar-refractivity contribution in [2.24, 2.45) is 12.2 Å². The Bertz CT molecular complexity index is 1150. The number of hydrogen-bond acceptors (Lipinski definition) is 3. The van der Waals surface area contributed by atoms with Crippen molar-refractivity contribution in [1.29, 1.82) is 0 Å². The maximum absolute atomic E-state index is 13.1. The van der Waals surface area contributed by atoms with Gasteiger partial charge in [0.15, 0.2) is 0 Å². The zero-order valence-electron chi connectivity index (χ0n) is 15.8. The molecular formula is C21H21BrN2O3S. The monoisotopic (exact) mass is 460 g/mol. The molecule has 146 valence electrons. The quantitative estimate of drug-likeness (QED) is 0.586. The molecule has 0 amide bonds. The Labute approximate surface area is 173 Å². The lowest BCUT2D eigenvalue weighted by molar-refractivity contribution is 0.103. The van der Waals surface area contributed by atoms with E-state index >= 15 is 0 Å². The van der Waals surface area contributed by atoms with Crippen molar-refractivity contribution in [3.63, 3.8) is 0 Å². The molecule has 0 saturated carbocycles. The summed E-state index contributed by atoms with van der Waals surface area (Å²) in [5, 5.41) is 5.65. The Morgan fingerprint density at radius 1 is 1.07 bits per heavy atom. The van der Waals surface area contributed by atoms with Crippen LogP contribution in [0, 0.1) is 6.92 Å². The zero-order valence-corrected chi connectivity index (χ0v) is 18.2. The van der Waals surface area contributed by atoms with Gasteiger partial charge in [-0.3, -0.25) is 4.79 Å². The van der Waals surface area contributed by atoms with Gasteiger partial charge in [-0.1, -0.05) is 46.3 Å². The third-order valence-electron chi connectivity index (χ3n) is 5.17. The lowest BCUT2D eigenvalue weighted by atomic mass is 9.96. The van der Waals surface area contributed by atoms with E-state index in [-0.39, 0.29) is 5.78 Å². The van der Waals surface area contributed by atoms with E-state index < -0.39 is 14.8 Å². The van der Waals surface area contributed by atoms with Gasteiger partial charge in [0.1, 0.15) is 4.75 Å². The van der Waals surface area contributed by atoms with Crippen molar-refractivity contribution in [2.45, 2.75) is 18.6 Å². The SMILES string of the molecule is Cc1cc(Br)ccc1C(=O)c1ccc(C(C)(c2ccccc2)S(N)(=O)=O)n1C. The number of halogens is 1. The van der Waals surface area contributed by atoms with Crippen LogP contribution in [0.1, 0.15) is 39.8 Å². The van der Waals surface area contributed by atoms with Gasteiger partial charge in [-0.2, -0.15) is 0 Å². The molecule has 1 unspecified atom stereocenters. The fraction of sp³-hybridized carbons (Fsp3) is 0.190. The fourth-order valence-corrected chi connectivity index (χ4v) is 4.89. The number of carbonyl (C=O) groups is 1. The molecule has 3 aromatic rings. The summed E-state index contributed by atoms with van der Waals surface area (Å²) in [6, 6.07) is 17.5. The van der Waals surface area contributed by atoms with Gasteiger partial charge in [0, 0.05) is 22.8 Å². The first-order valence-electron chi connectivity index (χ1n) is 8.62. The highest BCUT2D eigenvalue weighted by Crippen LogP contribution is 2.37. The Hall–Kier alpha value is -2.22. The predicted octanol–water partition coefficient (Wildman–Crippen LogP) is 3.88. The van der Waals surface area contributed by atoms with Crippen LogP contribution in [-0.2, 0) is 21.8 Å². The van der Waals surface area contributed by atoms with Crippen LogP contribution in [0.4, 0.5) is 0 Å². The second-order valence-corrected chi connectivity index (χ2v) is 9.72. The lowest BCUT2D eigenvalue weighted by Gasteiger charge is -2.29. The highest BCUT2D eigenvalue weighted by atomic mass is 79.9. The number of primary sulfonamides is 1. The number of nitrogens with zero attached hydrogens (tertiary/aromatic N) is 1. The number of rotatable bonds is 5. The largest absolute Gasteiger partial charge is 0.343 e. The molecule has 0 bridgehead atoms. The molecule has 5 nitrogen and oxygen atoms in total. The van der Waals surface area contributed by atoms with Crippen LogP contribution in [0.25, 0.3) is 0 Å². The predicted molar refractivity (Wildman–Crippen MR) is 114 cm³/mol. The molecule has 1 atom stereocenters. The van der Waals surface area contributed by atoms with Gasteiger partial charge in [0.2, 0.25) is 15.8 Å². The van der Waals surface area contributed by atoms with Crippen LogP contribution in [-0.4, -0.2) is 18.8 Å². The van der Waals surface area contributed by atoms with Crippen LogP contribution in [0.3, 0.4) is 0 Å². The highest BCUT2D eigenvalue weighted by Gasteiger charge is 2.43. The second kappa shape index (κ2) is 7.31. The van der Waals surface area contributed by atoms with Gasteiger partial charge in [-0.25, -0.2) is 13.6 Å². The molecule has 0 aliphatic heterocycles. The Kier molecular flexibility index (Phi) is 5.36. The molecule has 28 heavy (non-hydrogen) atoms. The molecule has 0 aliphatic rings. The van der Waals surface area contributed by atoms with Gasteiger partial charge in [-0.15, -0.1) is 0 Å². The summed E-state index contributed by atoms with van der Waals surface area (Å²) in [5.74, 6) is -0.177. The Morgan fingerprint density at radius 2 is 1.71 bits per heavy atom. The number of hydrogen-bond donors (Lipinski definition) is 1. The number of aromatic nitrogens is 1. The minimum Gasteiger partial charge on any atom is -0.343 e. The van der Waals surface area contributed by atoms with Gasteiger partial charge in [0.25, 0.3) is 0 Å². The number of aryl methyl sites for hydroxylation is 1. The Balaban J connectivity index is 2.17. The van der Waals surface area contributed by atoms with Gasteiger partial charge < -0.3 is 4.57 Å². The van der Waals surface area contributed by atoms with E-state index in [0.29, 0.717) is 22.5 Å². The minimum atomic E-state index is -4.02. The molecule has 0 aliphatic carbocycles. The highest BCUT2D eigenvalue weighted by molar-refractivity contribution is 9.10. The van der Waals surface area contributed by atoms with Crippen molar-refractivity contribution in [2.75, 3.05) is 0 Å². The van der Waals surface area contributed by atoms with Crippen molar-refractivity contribution < 1.29 is 13.2 Å². The summed E-state index contributed by atoms with van der Waals surface area (Å²) in [7, 11) is -2.34. The fourth-order valence-electron chi connectivity index (χ4n) is 3.45. The molecule has 0 spiro atoms. The van der Waals surface area contributed by atoms with E-state index in [1.54, 1.807) is 61.0 Å². The topological polar surface area (TPSA) is 82.2 Å².